The van der Waals surface area contributed by atoms with E-state index >= 15 is 0 Å². The molecule has 66 valence electrons. The van der Waals surface area contributed by atoms with Crippen molar-refractivity contribution in [3.8, 4) is 11.5 Å². The SMILES string of the molecule is CCNOc1cccc(OC)c1. The van der Waals surface area contributed by atoms with E-state index in [1.807, 2.05) is 31.2 Å². The first kappa shape index (κ1) is 8.87. The van der Waals surface area contributed by atoms with Crippen LogP contribution in [0.2, 0.25) is 0 Å². The Labute approximate surface area is 72.3 Å². The predicted octanol–water partition coefficient (Wildman–Crippen LogP) is 1.60. The van der Waals surface area contributed by atoms with Gasteiger partial charge in [-0.1, -0.05) is 6.07 Å². The molecule has 1 aromatic rings. The molecule has 1 rings (SSSR count). The first-order valence-corrected chi connectivity index (χ1v) is 3.90. The molecule has 0 aromatic heterocycles. The fraction of sp³-hybridized carbons (Fsp3) is 0.333. The van der Waals surface area contributed by atoms with Crippen molar-refractivity contribution in [1.82, 2.24) is 5.48 Å². The van der Waals surface area contributed by atoms with E-state index in [2.05, 4.69) is 5.48 Å². The Balaban J connectivity index is 2.60. The van der Waals surface area contributed by atoms with Gasteiger partial charge in [0.1, 0.15) is 5.75 Å². The molecule has 0 bridgehead atoms. The fourth-order valence-electron chi connectivity index (χ4n) is 0.820. The van der Waals surface area contributed by atoms with Crippen LogP contribution in [0.1, 0.15) is 6.92 Å². The number of methoxy groups -OCH3 is 1. The third kappa shape index (κ3) is 2.43. The lowest BCUT2D eigenvalue weighted by Crippen LogP contribution is -2.16. The lowest BCUT2D eigenvalue weighted by Gasteiger charge is -2.05. The maximum Gasteiger partial charge on any atom is 0.150 e. The number of nitrogens with one attached hydrogen (secondary N) is 1. The van der Waals surface area contributed by atoms with Gasteiger partial charge < -0.3 is 9.57 Å². The molecule has 0 aliphatic rings. The first-order chi connectivity index (χ1) is 5.86. The average Bonchev–Trinajstić information content (AvgIpc) is 2.15. The molecule has 0 atom stereocenters. The largest absolute Gasteiger partial charge is 0.497 e. The molecule has 12 heavy (non-hydrogen) atoms. The van der Waals surface area contributed by atoms with Crippen LogP contribution in [0.15, 0.2) is 24.3 Å². The number of ether oxygens (including phenoxy) is 1. The van der Waals surface area contributed by atoms with E-state index in [0.717, 1.165) is 18.0 Å². The van der Waals surface area contributed by atoms with Crippen molar-refractivity contribution in [3.05, 3.63) is 24.3 Å². The van der Waals surface area contributed by atoms with Crippen LogP contribution in [0.25, 0.3) is 0 Å². The van der Waals surface area contributed by atoms with Crippen molar-refractivity contribution in [2.75, 3.05) is 13.7 Å². The van der Waals surface area contributed by atoms with Gasteiger partial charge in [0.05, 0.1) is 7.11 Å². The lowest BCUT2D eigenvalue weighted by atomic mass is 10.3. The van der Waals surface area contributed by atoms with Crippen LogP contribution in [-0.2, 0) is 0 Å². The second kappa shape index (κ2) is 4.62. The Hall–Kier alpha value is -1.22. The zero-order chi connectivity index (χ0) is 8.81. The van der Waals surface area contributed by atoms with E-state index in [-0.39, 0.29) is 0 Å². The van der Waals surface area contributed by atoms with Gasteiger partial charge in [-0.2, -0.15) is 5.48 Å². The summed E-state index contributed by atoms with van der Waals surface area (Å²) < 4.78 is 5.03. The minimum absolute atomic E-state index is 0.760. The Morgan fingerprint density at radius 2 is 2.08 bits per heavy atom. The fourth-order valence-corrected chi connectivity index (χ4v) is 0.820. The van der Waals surface area contributed by atoms with Gasteiger partial charge in [-0.3, -0.25) is 0 Å². The summed E-state index contributed by atoms with van der Waals surface area (Å²) in [5, 5.41) is 0. The smallest absolute Gasteiger partial charge is 0.150 e. The molecule has 0 aliphatic carbocycles. The minimum atomic E-state index is 0.760. The third-order valence-corrected chi connectivity index (χ3v) is 1.38. The van der Waals surface area contributed by atoms with Crippen molar-refractivity contribution < 1.29 is 9.57 Å². The molecule has 0 spiro atoms. The highest BCUT2D eigenvalue weighted by Crippen LogP contribution is 2.17. The molecule has 0 heterocycles. The van der Waals surface area contributed by atoms with Crippen LogP contribution in [0, 0.1) is 0 Å². The lowest BCUT2D eigenvalue weighted by molar-refractivity contribution is 0.201. The summed E-state index contributed by atoms with van der Waals surface area (Å²) in [5.74, 6) is 1.56. The van der Waals surface area contributed by atoms with Gasteiger partial charge in [-0.15, -0.1) is 0 Å². The molecule has 0 saturated heterocycles. The van der Waals surface area contributed by atoms with Gasteiger partial charge in [0.15, 0.2) is 5.75 Å². The highest BCUT2D eigenvalue weighted by molar-refractivity contribution is 5.32. The Morgan fingerprint density at radius 3 is 2.75 bits per heavy atom. The van der Waals surface area contributed by atoms with Gasteiger partial charge in [0, 0.05) is 12.6 Å². The highest BCUT2D eigenvalue weighted by Gasteiger charge is 1.94. The Bertz CT molecular complexity index is 238. The van der Waals surface area contributed by atoms with Crippen molar-refractivity contribution in [2.45, 2.75) is 6.92 Å². The number of benzene rings is 1. The predicted molar refractivity (Wildman–Crippen MR) is 47.3 cm³/mol. The second-order valence-electron chi connectivity index (χ2n) is 2.28. The van der Waals surface area contributed by atoms with E-state index in [0.29, 0.717) is 0 Å². The second-order valence-corrected chi connectivity index (χ2v) is 2.28. The van der Waals surface area contributed by atoms with Gasteiger partial charge in [-0.05, 0) is 19.1 Å². The summed E-state index contributed by atoms with van der Waals surface area (Å²) in [7, 11) is 1.63. The Morgan fingerprint density at radius 1 is 1.33 bits per heavy atom. The third-order valence-electron chi connectivity index (χ3n) is 1.38. The highest BCUT2D eigenvalue weighted by atomic mass is 16.6. The summed E-state index contributed by atoms with van der Waals surface area (Å²) in [6.45, 7) is 2.75. The molecule has 0 saturated carbocycles. The van der Waals surface area contributed by atoms with Crippen LogP contribution in [-0.4, -0.2) is 13.7 Å². The number of hydroxylamine groups is 1. The van der Waals surface area contributed by atoms with Crippen LogP contribution in [0.3, 0.4) is 0 Å². The molecule has 3 heteroatoms. The normalized spacial score (nSPS) is 9.50. The van der Waals surface area contributed by atoms with Gasteiger partial charge in [0.2, 0.25) is 0 Å². The van der Waals surface area contributed by atoms with Crippen LogP contribution < -0.4 is 15.1 Å². The molecule has 0 fully saturated rings. The number of rotatable bonds is 4. The van der Waals surface area contributed by atoms with Gasteiger partial charge in [-0.25, -0.2) is 0 Å². The van der Waals surface area contributed by atoms with Crippen molar-refractivity contribution in [3.63, 3.8) is 0 Å². The summed E-state index contributed by atoms with van der Waals surface area (Å²) in [6.07, 6.45) is 0. The molecular formula is C9H13NO2. The van der Waals surface area contributed by atoms with Gasteiger partial charge >= 0.3 is 0 Å². The maximum absolute atomic E-state index is 5.17. The van der Waals surface area contributed by atoms with Crippen molar-refractivity contribution in [1.29, 1.82) is 0 Å². The van der Waals surface area contributed by atoms with E-state index in [4.69, 9.17) is 9.57 Å². The summed E-state index contributed by atoms with van der Waals surface area (Å²) in [4.78, 5) is 5.17. The molecule has 3 nitrogen and oxygen atoms in total. The Kier molecular flexibility index (Phi) is 3.41. The summed E-state index contributed by atoms with van der Waals surface area (Å²) >= 11 is 0. The van der Waals surface area contributed by atoms with Crippen molar-refractivity contribution in [2.24, 2.45) is 0 Å². The molecule has 1 aromatic carbocycles. The zero-order valence-corrected chi connectivity index (χ0v) is 7.33. The van der Waals surface area contributed by atoms with E-state index < -0.39 is 0 Å². The first-order valence-electron chi connectivity index (χ1n) is 3.90. The standard InChI is InChI=1S/C9H13NO2/c1-3-10-12-9-6-4-5-8(7-9)11-2/h4-7,10H,3H2,1-2H3. The van der Waals surface area contributed by atoms with Gasteiger partial charge in [0.25, 0.3) is 0 Å². The maximum atomic E-state index is 5.17. The average molecular weight is 167 g/mol. The van der Waals surface area contributed by atoms with Crippen molar-refractivity contribution >= 4 is 0 Å². The number of hydrogen-bond donors (Lipinski definition) is 1. The molecule has 0 radical (unpaired) electrons. The molecule has 1 N–H and O–H groups in total. The van der Waals surface area contributed by atoms with Crippen LogP contribution in [0.4, 0.5) is 0 Å². The quantitative estimate of drug-likeness (QED) is 0.691. The molecule has 0 unspecified atom stereocenters. The van der Waals surface area contributed by atoms with E-state index in [1.165, 1.54) is 0 Å². The minimum Gasteiger partial charge on any atom is -0.497 e. The summed E-state index contributed by atoms with van der Waals surface area (Å²) in [5.41, 5.74) is 2.76. The summed E-state index contributed by atoms with van der Waals surface area (Å²) in [6, 6.07) is 7.44. The van der Waals surface area contributed by atoms with E-state index in [1.54, 1.807) is 7.11 Å². The van der Waals surface area contributed by atoms with Crippen LogP contribution in [0.5, 0.6) is 11.5 Å². The van der Waals surface area contributed by atoms with E-state index in [9.17, 15) is 0 Å². The zero-order valence-electron chi connectivity index (χ0n) is 7.33. The molecular weight excluding hydrogens is 154 g/mol. The van der Waals surface area contributed by atoms with Crippen LogP contribution >= 0.6 is 0 Å². The topological polar surface area (TPSA) is 30.5 Å². The monoisotopic (exact) mass is 167 g/mol. The molecule has 0 aliphatic heterocycles. The number of hydrogen-bond acceptors (Lipinski definition) is 3. The molecule has 0 amide bonds.